The van der Waals surface area contributed by atoms with Crippen LogP contribution in [-0.2, 0) is 10.3 Å². The molecule has 1 aliphatic rings. The van der Waals surface area contributed by atoms with Gasteiger partial charge in [-0.05, 0) is 7.05 Å². The molecule has 2 rings (SSSR count). The van der Waals surface area contributed by atoms with Crippen LogP contribution >= 0.6 is 11.3 Å². The summed E-state index contributed by atoms with van der Waals surface area (Å²) >= 11 is 1.34. The largest absolute Gasteiger partial charge is 0.322 e. The Bertz CT molecular complexity index is 391. The SMILES string of the molecule is CNCC1(c2nccs2)NC(=O)NC1=O. The third-order valence-electron chi connectivity index (χ3n) is 2.18. The van der Waals surface area contributed by atoms with Crippen molar-refractivity contribution in [2.24, 2.45) is 0 Å². The Hall–Kier alpha value is -1.47. The van der Waals surface area contributed by atoms with Gasteiger partial charge in [0.15, 0.2) is 5.54 Å². The number of likely N-dealkylation sites (N-methyl/N-ethyl adjacent to an activating group) is 1. The zero-order valence-electron chi connectivity index (χ0n) is 8.03. The molecule has 1 saturated heterocycles. The topological polar surface area (TPSA) is 83.1 Å². The maximum Gasteiger partial charge on any atom is 0.322 e. The van der Waals surface area contributed by atoms with Gasteiger partial charge in [0.05, 0.1) is 0 Å². The lowest BCUT2D eigenvalue weighted by Crippen LogP contribution is -2.50. The van der Waals surface area contributed by atoms with Gasteiger partial charge in [0.25, 0.3) is 5.91 Å². The average molecular weight is 226 g/mol. The van der Waals surface area contributed by atoms with Gasteiger partial charge in [-0.3, -0.25) is 10.1 Å². The first kappa shape index (κ1) is 10.1. The number of carbonyl (C=O) groups excluding carboxylic acids is 2. The number of carbonyl (C=O) groups is 2. The maximum atomic E-state index is 11.7. The van der Waals surface area contributed by atoms with E-state index in [2.05, 4.69) is 20.9 Å². The highest BCUT2D eigenvalue weighted by atomic mass is 32.1. The summed E-state index contributed by atoms with van der Waals surface area (Å²) in [6.45, 7) is 0.318. The van der Waals surface area contributed by atoms with Crippen LogP contribution in [0.4, 0.5) is 4.79 Å². The van der Waals surface area contributed by atoms with Gasteiger partial charge in [0, 0.05) is 18.1 Å². The third kappa shape index (κ3) is 1.49. The van der Waals surface area contributed by atoms with Crippen LogP contribution in [0.3, 0.4) is 0 Å². The van der Waals surface area contributed by atoms with E-state index < -0.39 is 11.6 Å². The minimum absolute atomic E-state index is 0.318. The fourth-order valence-electron chi connectivity index (χ4n) is 1.54. The van der Waals surface area contributed by atoms with Crippen molar-refractivity contribution in [2.45, 2.75) is 5.54 Å². The van der Waals surface area contributed by atoms with E-state index >= 15 is 0 Å². The van der Waals surface area contributed by atoms with Crippen molar-refractivity contribution in [1.29, 1.82) is 0 Å². The van der Waals surface area contributed by atoms with Gasteiger partial charge in [-0.1, -0.05) is 0 Å². The number of nitrogens with zero attached hydrogens (tertiary/aromatic N) is 1. The monoisotopic (exact) mass is 226 g/mol. The number of hydrogen-bond acceptors (Lipinski definition) is 5. The van der Waals surface area contributed by atoms with Gasteiger partial charge in [0.2, 0.25) is 0 Å². The molecule has 0 bridgehead atoms. The summed E-state index contributed by atoms with van der Waals surface area (Å²) in [6, 6.07) is -0.481. The lowest BCUT2D eigenvalue weighted by Gasteiger charge is -2.22. The number of hydrogen-bond donors (Lipinski definition) is 3. The molecule has 1 fully saturated rings. The van der Waals surface area contributed by atoms with Crippen LogP contribution < -0.4 is 16.0 Å². The number of thiazole rings is 1. The van der Waals surface area contributed by atoms with Crippen molar-refractivity contribution in [3.63, 3.8) is 0 Å². The van der Waals surface area contributed by atoms with E-state index in [-0.39, 0.29) is 5.91 Å². The van der Waals surface area contributed by atoms with Gasteiger partial charge in [0.1, 0.15) is 5.01 Å². The lowest BCUT2D eigenvalue weighted by molar-refractivity contribution is -0.124. The molecule has 1 aromatic heterocycles. The summed E-state index contributed by atoms with van der Waals surface area (Å²) in [5, 5.41) is 10.1. The number of nitrogens with one attached hydrogen (secondary N) is 3. The second kappa shape index (κ2) is 3.59. The molecule has 1 atom stereocenters. The molecule has 3 N–H and O–H groups in total. The van der Waals surface area contributed by atoms with E-state index in [1.807, 2.05) is 0 Å². The first-order valence-electron chi connectivity index (χ1n) is 4.37. The molecule has 7 heteroatoms. The summed E-state index contributed by atoms with van der Waals surface area (Å²) in [4.78, 5) is 26.9. The van der Waals surface area contributed by atoms with Crippen molar-refractivity contribution in [3.8, 4) is 0 Å². The van der Waals surface area contributed by atoms with E-state index in [1.165, 1.54) is 11.3 Å². The van der Waals surface area contributed by atoms with Crippen molar-refractivity contribution >= 4 is 23.3 Å². The zero-order chi connectivity index (χ0) is 10.9. The molecule has 0 radical (unpaired) electrons. The lowest BCUT2D eigenvalue weighted by atomic mass is 10.0. The van der Waals surface area contributed by atoms with Crippen LogP contribution in [0.15, 0.2) is 11.6 Å². The highest BCUT2D eigenvalue weighted by molar-refractivity contribution is 7.09. The summed E-state index contributed by atoms with van der Waals surface area (Å²) in [5.74, 6) is -0.364. The summed E-state index contributed by atoms with van der Waals surface area (Å²) in [7, 11) is 1.72. The van der Waals surface area contributed by atoms with Gasteiger partial charge in [-0.2, -0.15) is 0 Å². The number of imide groups is 1. The molecular weight excluding hydrogens is 216 g/mol. The van der Waals surface area contributed by atoms with Crippen molar-refractivity contribution in [3.05, 3.63) is 16.6 Å². The van der Waals surface area contributed by atoms with Crippen LogP contribution in [-0.4, -0.2) is 30.5 Å². The van der Waals surface area contributed by atoms with Crippen LogP contribution in [0, 0.1) is 0 Å². The summed E-state index contributed by atoms with van der Waals surface area (Å²) in [6.07, 6.45) is 1.61. The quantitative estimate of drug-likeness (QED) is 0.601. The van der Waals surface area contributed by atoms with Crippen molar-refractivity contribution in [2.75, 3.05) is 13.6 Å². The Kier molecular flexibility index (Phi) is 2.41. The highest BCUT2D eigenvalue weighted by Crippen LogP contribution is 2.25. The molecule has 2 heterocycles. The van der Waals surface area contributed by atoms with E-state index in [0.717, 1.165) is 0 Å². The van der Waals surface area contributed by atoms with Crippen LogP contribution in [0.1, 0.15) is 5.01 Å². The molecule has 1 unspecified atom stereocenters. The van der Waals surface area contributed by atoms with Gasteiger partial charge >= 0.3 is 6.03 Å². The normalized spacial score (nSPS) is 25.1. The minimum Gasteiger partial charge on any atom is -0.316 e. The third-order valence-corrected chi connectivity index (χ3v) is 3.12. The molecule has 1 aliphatic heterocycles. The molecule has 6 nitrogen and oxygen atoms in total. The first-order chi connectivity index (χ1) is 7.19. The number of aromatic nitrogens is 1. The summed E-state index contributed by atoms with van der Waals surface area (Å²) in [5.41, 5.74) is -1.06. The molecule has 15 heavy (non-hydrogen) atoms. The predicted molar refractivity (Wildman–Crippen MR) is 54.4 cm³/mol. The van der Waals surface area contributed by atoms with E-state index in [1.54, 1.807) is 18.6 Å². The summed E-state index contributed by atoms with van der Waals surface area (Å²) < 4.78 is 0. The molecule has 0 spiro atoms. The van der Waals surface area contributed by atoms with Crippen LogP contribution in [0.2, 0.25) is 0 Å². The molecular formula is C8H10N4O2S. The first-order valence-corrected chi connectivity index (χ1v) is 5.25. The van der Waals surface area contributed by atoms with Gasteiger partial charge in [-0.15, -0.1) is 11.3 Å². The molecule has 3 amide bonds. The second-order valence-corrected chi connectivity index (χ2v) is 4.08. The van der Waals surface area contributed by atoms with Crippen molar-refractivity contribution in [1.82, 2.24) is 20.9 Å². The number of urea groups is 1. The van der Waals surface area contributed by atoms with E-state index in [0.29, 0.717) is 11.6 Å². The van der Waals surface area contributed by atoms with Crippen molar-refractivity contribution < 1.29 is 9.59 Å². The second-order valence-electron chi connectivity index (χ2n) is 3.18. The molecule has 0 aromatic carbocycles. The Morgan fingerprint density at radius 3 is 2.87 bits per heavy atom. The molecule has 1 aromatic rings. The molecule has 0 saturated carbocycles. The van der Waals surface area contributed by atoms with E-state index in [4.69, 9.17) is 0 Å². The minimum atomic E-state index is -1.06. The van der Waals surface area contributed by atoms with E-state index in [9.17, 15) is 9.59 Å². The Morgan fingerprint density at radius 2 is 2.40 bits per heavy atom. The van der Waals surface area contributed by atoms with Gasteiger partial charge < -0.3 is 10.6 Å². The fraction of sp³-hybridized carbons (Fsp3) is 0.375. The maximum absolute atomic E-state index is 11.7. The van der Waals surface area contributed by atoms with Crippen LogP contribution in [0.25, 0.3) is 0 Å². The molecule has 0 aliphatic carbocycles. The van der Waals surface area contributed by atoms with Crippen LogP contribution in [0.5, 0.6) is 0 Å². The Morgan fingerprint density at radius 1 is 1.60 bits per heavy atom. The standard InChI is InChI=1S/C8H10N4O2S/c1-9-4-8(6-10-2-3-15-6)5(13)11-7(14)12-8/h2-3,9H,4H2,1H3,(H2,11,12,13,14). The predicted octanol–water partition coefficient (Wildman–Crippen LogP) is -0.603. The van der Waals surface area contributed by atoms with Gasteiger partial charge in [-0.25, -0.2) is 9.78 Å². The number of amides is 3. The Labute approximate surface area is 90.1 Å². The smallest absolute Gasteiger partial charge is 0.316 e. The zero-order valence-corrected chi connectivity index (χ0v) is 8.85. The Balaban J connectivity index is 2.41. The molecule has 80 valence electrons. The number of rotatable bonds is 3. The fourth-order valence-corrected chi connectivity index (χ4v) is 2.33. The highest BCUT2D eigenvalue weighted by Gasteiger charge is 2.49. The average Bonchev–Trinajstić information content (AvgIpc) is 2.76.